The summed E-state index contributed by atoms with van der Waals surface area (Å²) in [4.78, 5) is 0.374. The highest BCUT2D eigenvalue weighted by Gasteiger charge is 2.37. The molecule has 5 nitrogen and oxygen atoms in total. The molecule has 1 aliphatic rings. The normalized spacial score (nSPS) is 15.9. The predicted molar refractivity (Wildman–Crippen MR) is 84.5 cm³/mol. The van der Waals surface area contributed by atoms with Crippen LogP contribution in [0.25, 0.3) is 0 Å². The number of aromatic nitrogens is 1. The highest BCUT2D eigenvalue weighted by molar-refractivity contribution is 7.89. The van der Waals surface area contributed by atoms with E-state index in [1.165, 1.54) is 0 Å². The zero-order valence-electron chi connectivity index (χ0n) is 13.0. The summed E-state index contributed by atoms with van der Waals surface area (Å²) in [5.41, 5.74) is 0.969. The van der Waals surface area contributed by atoms with Crippen LogP contribution in [0.15, 0.2) is 29.8 Å². The van der Waals surface area contributed by atoms with Crippen molar-refractivity contribution in [1.82, 2.24) is 14.2 Å². The van der Waals surface area contributed by atoms with E-state index < -0.39 is 10.0 Å². The first-order valence-corrected chi connectivity index (χ1v) is 8.81. The molecule has 0 amide bonds. The van der Waals surface area contributed by atoms with Crippen LogP contribution in [0, 0.1) is 0 Å². The molecule has 6 heteroatoms. The van der Waals surface area contributed by atoms with E-state index in [4.69, 9.17) is 0 Å². The van der Waals surface area contributed by atoms with Crippen LogP contribution in [0.4, 0.5) is 0 Å². The second-order valence-corrected chi connectivity index (χ2v) is 7.80. The second kappa shape index (κ2) is 6.34. The van der Waals surface area contributed by atoms with Crippen LogP contribution in [0.5, 0.6) is 0 Å². The quantitative estimate of drug-likeness (QED) is 0.746. The van der Waals surface area contributed by atoms with Gasteiger partial charge in [-0.25, -0.2) is 8.42 Å². The van der Waals surface area contributed by atoms with Crippen LogP contribution in [0.1, 0.15) is 32.4 Å². The molecular formula is C15H25N3O2S. The van der Waals surface area contributed by atoms with Crippen molar-refractivity contribution < 1.29 is 8.42 Å². The van der Waals surface area contributed by atoms with E-state index in [0.717, 1.165) is 18.5 Å². The Hall–Kier alpha value is -1.11. The summed E-state index contributed by atoms with van der Waals surface area (Å²) in [6.45, 7) is 8.84. The molecule has 0 radical (unpaired) electrons. The van der Waals surface area contributed by atoms with E-state index in [1.807, 2.05) is 11.6 Å². The van der Waals surface area contributed by atoms with E-state index in [9.17, 15) is 8.42 Å². The van der Waals surface area contributed by atoms with Crippen LogP contribution >= 0.6 is 0 Å². The van der Waals surface area contributed by atoms with Gasteiger partial charge < -0.3 is 9.88 Å². The third kappa shape index (κ3) is 3.75. The fraction of sp³-hybridized carbons (Fsp3) is 0.600. The van der Waals surface area contributed by atoms with Crippen molar-refractivity contribution in [2.45, 2.75) is 50.2 Å². The topological polar surface area (TPSA) is 54.3 Å². The summed E-state index contributed by atoms with van der Waals surface area (Å²) < 4.78 is 28.9. The summed E-state index contributed by atoms with van der Waals surface area (Å²) in [5.74, 6) is 0. The fourth-order valence-corrected chi connectivity index (χ4v) is 4.02. The average Bonchev–Trinajstić information content (AvgIpc) is 3.16. The lowest BCUT2D eigenvalue weighted by Gasteiger charge is -2.19. The van der Waals surface area contributed by atoms with E-state index in [2.05, 4.69) is 25.7 Å². The van der Waals surface area contributed by atoms with Crippen LogP contribution < -0.4 is 5.32 Å². The molecule has 1 heterocycles. The van der Waals surface area contributed by atoms with Gasteiger partial charge in [-0.3, -0.25) is 0 Å². The van der Waals surface area contributed by atoms with E-state index in [1.54, 1.807) is 22.6 Å². The minimum atomic E-state index is -3.43. The molecule has 1 fully saturated rings. The third-order valence-electron chi connectivity index (χ3n) is 3.64. The molecule has 0 bridgehead atoms. The first kappa shape index (κ1) is 16.3. The smallest absolute Gasteiger partial charge is 0.245 e. The number of rotatable bonds is 8. The number of nitrogens with one attached hydrogen (secondary N) is 1. The van der Waals surface area contributed by atoms with Crippen molar-refractivity contribution in [1.29, 1.82) is 0 Å². The standard InChI is InChI=1S/C15H25N3O2S/c1-5-8-18(13-6-7-13)21(19,20)15-9-14(17(4)11-15)10-16-12(2)3/h5,9,11-13,16H,1,6-8,10H2,2-4H3. The Balaban J connectivity index is 2.23. The molecule has 0 saturated heterocycles. The maximum absolute atomic E-state index is 12.8. The fourth-order valence-electron chi connectivity index (χ4n) is 2.27. The Morgan fingerprint density at radius 1 is 1.52 bits per heavy atom. The molecule has 21 heavy (non-hydrogen) atoms. The lowest BCUT2D eigenvalue weighted by molar-refractivity contribution is 0.436. The molecule has 2 rings (SSSR count). The van der Waals surface area contributed by atoms with Gasteiger partial charge in [-0.2, -0.15) is 4.31 Å². The zero-order valence-corrected chi connectivity index (χ0v) is 13.9. The van der Waals surface area contributed by atoms with Crippen molar-refractivity contribution in [3.63, 3.8) is 0 Å². The van der Waals surface area contributed by atoms with Crippen LogP contribution in [0.2, 0.25) is 0 Å². The molecule has 1 saturated carbocycles. The van der Waals surface area contributed by atoms with Gasteiger partial charge in [0.05, 0.1) is 0 Å². The molecule has 1 aliphatic carbocycles. The van der Waals surface area contributed by atoms with Gasteiger partial charge in [0.2, 0.25) is 10.0 Å². The molecule has 118 valence electrons. The van der Waals surface area contributed by atoms with Gasteiger partial charge in [0.1, 0.15) is 4.90 Å². The third-order valence-corrected chi connectivity index (χ3v) is 5.53. The first-order valence-electron chi connectivity index (χ1n) is 7.37. The number of nitrogens with zero attached hydrogens (tertiary/aromatic N) is 2. The lowest BCUT2D eigenvalue weighted by Crippen LogP contribution is -2.33. The Morgan fingerprint density at radius 2 is 2.19 bits per heavy atom. The molecule has 0 spiro atoms. The van der Waals surface area contributed by atoms with Crippen molar-refractivity contribution in [3.05, 3.63) is 30.6 Å². The highest BCUT2D eigenvalue weighted by atomic mass is 32.2. The van der Waals surface area contributed by atoms with Crippen LogP contribution in [0.3, 0.4) is 0 Å². The van der Waals surface area contributed by atoms with E-state index in [0.29, 0.717) is 24.0 Å². The zero-order chi connectivity index (χ0) is 15.6. The van der Waals surface area contributed by atoms with Crippen LogP contribution in [-0.4, -0.2) is 35.9 Å². The van der Waals surface area contributed by atoms with Crippen LogP contribution in [-0.2, 0) is 23.6 Å². The number of hydrogen-bond acceptors (Lipinski definition) is 3. The highest BCUT2D eigenvalue weighted by Crippen LogP contribution is 2.32. The first-order chi connectivity index (χ1) is 9.86. The molecule has 1 aromatic heterocycles. The number of sulfonamides is 1. The number of hydrogen-bond donors (Lipinski definition) is 1. The summed E-state index contributed by atoms with van der Waals surface area (Å²) >= 11 is 0. The molecule has 1 N–H and O–H groups in total. The molecule has 0 aliphatic heterocycles. The van der Waals surface area contributed by atoms with Gasteiger partial charge in [-0.05, 0) is 18.9 Å². The minimum Gasteiger partial charge on any atom is -0.352 e. The largest absolute Gasteiger partial charge is 0.352 e. The molecular weight excluding hydrogens is 286 g/mol. The Bertz CT molecular complexity index is 600. The number of aryl methyl sites for hydroxylation is 1. The Morgan fingerprint density at radius 3 is 2.71 bits per heavy atom. The summed E-state index contributed by atoms with van der Waals surface area (Å²) in [6, 6.07) is 2.28. The molecule has 1 aromatic rings. The van der Waals surface area contributed by atoms with Gasteiger partial charge in [-0.1, -0.05) is 19.9 Å². The predicted octanol–water partition coefficient (Wildman–Crippen LogP) is 1.86. The van der Waals surface area contributed by atoms with E-state index >= 15 is 0 Å². The van der Waals surface area contributed by atoms with Gasteiger partial charge in [0.15, 0.2) is 0 Å². The van der Waals surface area contributed by atoms with Gasteiger partial charge in [0.25, 0.3) is 0 Å². The minimum absolute atomic E-state index is 0.144. The van der Waals surface area contributed by atoms with Gasteiger partial charge in [-0.15, -0.1) is 6.58 Å². The van der Waals surface area contributed by atoms with Gasteiger partial charge >= 0.3 is 0 Å². The SMILES string of the molecule is C=CCN(C1CC1)S(=O)(=O)c1cc(CNC(C)C)n(C)c1. The van der Waals surface area contributed by atoms with E-state index in [-0.39, 0.29) is 6.04 Å². The van der Waals surface area contributed by atoms with Crippen molar-refractivity contribution in [2.24, 2.45) is 7.05 Å². The van der Waals surface area contributed by atoms with Crippen molar-refractivity contribution in [2.75, 3.05) is 6.54 Å². The second-order valence-electron chi connectivity index (χ2n) is 5.91. The summed E-state index contributed by atoms with van der Waals surface area (Å²) in [7, 11) is -1.55. The average molecular weight is 311 g/mol. The molecule has 0 aromatic carbocycles. The Kier molecular flexibility index (Phi) is 4.91. The monoisotopic (exact) mass is 311 g/mol. The molecule has 0 unspecified atom stereocenters. The van der Waals surface area contributed by atoms with Crippen molar-refractivity contribution >= 4 is 10.0 Å². The Labute approximate surface area is 127 Å². The van der Waals surface area contributed by atoms with Gasteiger partial charge in [0, 0.05) is 44.1 Å². The summed E-state index contributed by atoms with van der Waals surface area (Å²) in [5, 5.41) is 3.31. The summed E-state index contributed by atoms with van der Waals surface area (Å²) in [6.07, 6.45) is 5.24. The maximum atomic E-state index is 12.8. The maximum Gasteiger partial charge on any atom is 0.245 e. The lowest BCUT2D eigenvalue weighted by atomic mass is 10.3. The molecule has 0 atom stereocenters. The van der Waals surface area contributed by atoms with Crippen molar-refractivity contribution in [3.8, 4) is 0 Å².